The molecule has 1 aliphatic carbocycles. The Morgan fingerprint density at radius 2 is 1.30 bits per heavy atom. The lowest BCUT2D eigenvalue weighted by atomic mass is 9.58. The van der Waals surface area contributed by atoms with Gasteiger partial charge in [-0.15, -0.1) is 0 Å². The van der Waals surface area contributed by atoms with E-state index in [1.54, 1.807) is 12.5 Å². The van der Waals surface area contributed by atoms with Gasteiger partial charge in [-0.2, -0.15) is 0 Å². The third kappa shape index (κ3) is 5.67. The summed E-state index contributed by atoms with van der Waals surface area (Å²) in [5, 5.41) is 5.84. The number of hydrogen-bond donors (Lipinski definition) is 3. The Balaban J connectivity index is 1.28. The number of nitrogens with zero attached hydrogens (tertiary/aromatic N) is 1. The highest BCUT2D eigenvalue weighted by molar-refractivity contribution is 6.26. The first-order chi connectivity index (χ1) is 23.1. The second kappa shape index (κ2) is 13.2. The SMILES string of the molecule is O=C(Nc1ccc(C2CCCCC2)cc1)C1C(=O)NC(C(c2cnc[nH]2)C(c2ccccc2)(c2ccccc2)c2ccccc2)C1=O. The summed E-state index contributed by atoms with van der Waals surface area (Å²) in [5.74, 6) is -3.35. The number of ketones is 1. The zero-order chi connectivity index (χ0) is 32.2. The molecule has 7 rings (SSSR count). The molecule has 0 radical (unpaired) electrons. The first-order valence-corrected chi connectivity index (χ1v) is 16.5. The van der Waals surface area contributed by atoms with Crippen molar-refractivity contribution in [3.63, 3.8) is 0 Å². The first kappa shape index (κ1) is 30.4. The molecule has 1 saturated carbocycles. The predicted molar refractivity (Wildman–Crippen MR) is 182 cm³/mol. The van der Waals surface area contributed by atoms with Crippen LogP contribution in [0.15, 0.2) is 128 Å². The van der Waals surface area contributed by atoms with Gasteiger partial charge in [-0.05, 0) is 53.1 Å². The number of Topliss-reactive ketones (excluding diaryl/α,β-unsaturated/α-hetero) is 1. The number of hydrogen-bond acceptors (Lipinski definition) is 4. The van der Waals surface area contributed by atoms with Crippen LogP contribution in [-0.4, -0.2) is 33.6 Å². The third-order valence-electron chi connectivity index (χ3n) is 10.0. The number of carbonyl (C=O) groups is 3. The maximum absolute atomic E-state index is 14.5. The van der Waals surface area contributed by atoms with E-state index in [-0.39, 0.29) is 0 Å². The van der Waals surface area contributed by atoms with E-state index in [4.69, 9.17) is 0 Å². The van der Waals surface area contributed by atoms with Crippen LogP contribution >= 0.6 is 0 Å². The van der Waals surface area contributed by atoms with Crippen LogP contribution in [0.25, 0.3) is 0 Å². The van der Waals surface area contributed by atoms with Crippen molar-refractivity contribution >= 4 is 23.3 Å². The van der Waals surface area contributed by atoms with Gasteiger partial charge in [0, 0.05) is 23.5 Å². The van der Waals surface area contributed by atoms with Gasteiger partial charge in [0.2, 0.25) is 11.8 Å². The summed E-state index contributed by atoms with van der Waals surface area (Å²) in [7, 11) is 0. The number of anilines is 1. The molecule has 1 aromatic heterocycles. The Morgan fingerprint density at radius 3 is 1.81 bits per heavy atom. The van der Waals surface area contributed by atoms with E-state index in [9.17, 15) is 14.4 Å². The quantitative estimate of drug-likeness (QED) is 0.123. The average molecular weight is 623 g/mol. The topological polar surface area (TPSA) is 104 Å². The fourth-order valence-electron chi connectivity index (χ4n) is 7.84. The van der Waals surface area contributed by atoms with Gasteiger partial charge in [-0.3, -0.25) is 14.4 Å². The van der Waals surface area contributed by atoms with Crippen LogP contribution < -0.4 is 10.6 Å². The molecule has 236 valence electrons. The number of amides is 2. The van der Waals surface area contributed by atoms with Crippen LogP contribution in [-0.2, 0) is 19.8 Å². The Morgan fingerprint density at radius 1 is 0.745 bits per heavy atom. The summed E-state index contributed by atoms with van der Waals surface area (Å²) in [5.41, 5.74) is 4.35. The summed E-state index contributed by atoms with van der Waals surface area (Å²) in [6.45, 7) is 0. The second-order valence-corrected chi connectivity index (χ2v) is 12.7. The van der Waals surface area contributed by atoms with Crippen LogP contribution in [0.5, 0.6) is 0 Å². The van der Waals surface area contributed by atoms with Crippen LogP contribution in [0, 0.1) is 5.92 Å². The molecule has 1 saturated heterocycles. The van der Waals surface area contributed by atoms with Gasteiger partial charge in [0.15, 0.2) is 11.7 Å². The predicted octanol–water partition coefficient (Wildman–Crippen LogP) is 6.90. The zero-order valence-corrected chi connectivity index (χ0v) is 26.1. The number of nitrogens with one attached hydrogen (secondary N) is 3. The van der Waals surface area contributed by atoms with E-state index in [1.165, 1.54) is 37.7 Å². The summed E-state index contributed by atoms with van der Waals surface area (Å²) >= 11 is 0. The maximum atomic E-state index is 14.5. The highest BCUT2D eigenvalue weighted by atomic mass is 16.2. The second-order valence-electron chi connectivity index (χ2n) is 12.7. The molecule has 2 fully saturated rings. The van der Waals surface area contributed by atoms with Crippen molar-refractivity contribution in [1.82, 2.24) is 15.3 Å². The van der Waals surface area contributed by atoms with Gasteiger partial charge >= 0.3 is 0 Å². The first-order valence-electron chi connectivity index (χ1n) is 16.5. The molecule has 0 bridgehead atoms. The van der Waals surface area contributed by atoms with Crippen molar-refractivity contribution in [3.8, 4) is 0 Å². The molecule has 4 aromatic carbocycles. The van der Waals surface area contributed by atoms with Crippen LogP contribution in [0.2, 0.25) is 0 Å². The molecule has 3 N–H and O–H groups in total. The molecule has 2 aliphatic rings. The van der Waals surface area contributed by atoms with Gasteiger partial charge in [0.05, 0.1) is 17.8 Å². The highest BCUT2D eigenvalue weighted by Gasteiger charge is 2.56. The number of H-pyrrole nitrogens is 1. The molecule has 2 heterocycles. The Labute approximate surface area is 274 Å². The van der Waals surface area contributed by atoms with Crippen LogP contribution in [0.3, 0.4) is 0 Å². The lowest BCUT2D eigenvalue weighted by Gasteiger charge is -2.44. The van der Waals surface area contributed by atoms with Crippen molar-refractivity contribution in [1.29, 1.82) is 0 Å². The molecule has 7 heteroatoms. The summed E-state index contributed by atoms with van der Waals surface area (Å²) in [6, 6.07) is 36.8. The number of aromatic amines is 1. The minimum absolute atomic E-state index is 0.474. The number of carbonyl (C=O) groups excluding carboxylic acids is 3. The maximum Gasteiger partial charge on any atom is 0.244 e. The molecule has 1 aliphatic heterocycles. The molecule has 5 aromatic rings. The van der Waals surface area contributed by atoms with Crippen LogP contribution in [0.4, 0.5) is 5.69 Å². The number of rotatable bonds is 9. The molecule has 7 nitrogen and oxygen atoms in total. The normalized spacial score (nSPS) is 19.2. The van der Waals surface area contributed by atoms with Crippen molar-refractivity contribution < 1.29 is 14.4 Å². The average Bonchev–Trinajstić information content (AvgIpc) is 3.76. The number of imidazole rings is 1. The van der Waals surface area contributed by atoms with Gasteiger partial charge in [0.25, 0.3) is 0 Å². The van der Waals surface area contributed by atoms with E-state index >= 15 is 0 Å². The summed E-state index contributed by atoms with van der Waals surface area (Å²) in [4.78, 5) is 49.5. The van der Waals surface area contributed by atoms with Gasteiger partial charge in [-0.25, -0.2) is 4.98 Å². The molecule has 0 spiro atoms. The van der Waals surface area contributed by atoms with E-state index in [1.807, 2.05) is 115 Å². The molecule has 3 atom stereocenters. The summed E-state index contributed by atoms with van der Waals surface area (Å²) in [6.07, 6.45) is 9.40. The highest BCUT2D eigenvalue weighted by Crippen LogP contribution is 2.52. The van der Waals surface area contributed by atoms with E-state index in [0.717, 1.165) is 16.7 Å². The molecule has 47 heavy (non-hydrogen) atoms. The van der Waals surface area contributed by atoms with Gasteiger partial charge in [0.1, 0.15) is 0 Å². The minimum Gasteiger partial charge on any atom is -0.348 e. The molecule has 3 unspecified atom stereocenters. The molecular weight excluding hydrogens is 584 g/mol. The van der Waals surface area contributed by atoms with Crippen molar-refractivity contribution in [2.24, 2.45) is 5.92 Å². The van der Waals surface area contributed by atoms with E-state index < -0.39 is 40.9 Å². The lowest BCUT2D eigenvalue weighted by Crippen LogP contribution is -2.48. The fraction of sp³-hybridized carbons (Fsp3) is 0.250. The fourth-order valence-corrected chi connectivity index (χ4v) is 7.84. The van der Waals surface area contributed by atoms with Crippen molar-refractivity contribution in [2.75, 3.05) is 5.32 Å². The minimum atomic E-state index is -1.50. The number of benzene rings is 4. The van der Waals surface area contributed by atoms with Crippen molar-refractivity contribution in [3.05, 3.63) is 156 Å². The largest absolute Gasteiger partial charge is 0.348 e. The van der Waals surface area contributed by atoms with Crippen LogP contribution in [0.1, 0.15) is 71.9 Å². The van der Waals surface area contributed by atoms with Gasteiger partial charge < -0.3 is 15.6 Å². The molecular formula is C40H38N4O3. The van der Waals surface area contributed by atoms with Gasteiger partial charge in [-0.1, -0.05) is 122 Å². The van der Waals surface area contributed by atoms with Crippen molar-refractivity contribution in [2.45, 2.75) is 55.4 Å². The third-order valence-corrected chi connectivity index (χ3v) is 10.0. The number of aromatic nitrogens is 2. The van der Waals surface area contributed by atoms with E-state index in [0.29, 0.717) is 17.3 Å². The zero-order valence-electron chi connectivity index (χ0n) is 26.1. The monoisotopic (exact) mass is 622 g/mol. The standard InChI is InChI=1S/C40H38N4O3/c45-37-34(38(46)43-32-23-21-28(22-24-32)27-13-5-1-6-14-27)39(47)44-36(37)35(33-25-41-26-42-33)40(29-15-7-2-8-16-29,30-17-9-3-10-18-30)31-19-11-4-12-20-31/h2-4,7-12,15-27,34-36H,1,5-6,13-14H2,(H,41,42)(H,43,46)(H,44,47). The Hall–Kier alpha value is -5.30. The Bertz CT molecular complexity index is 1720. The summed E-state index contributed by atoms with van der Waals surface area (Å²) < 4.78 is 0. The lowest BCUT2D eigenvalue weighted by molar-refractivity contribution is -0.135. The van der Waals surface area contributed by atoms with E-state index in [2.05, 4.69) is 20.6 Å². The molecule has 2 amide bonds. The smallest absolute Gasteiger partial charge is 0.244 e. The Kier molecular flexibility index (Phi) is 8.53.